The Morgan fingerprint density at radius 2 is 2.05 bits per heavy atom. The molecular formula is C12H14N4O4S. The second-order valence-electron chi connectivity index (χ2n) is 4.48. The van der Waals surface area contributed by atoms with Crippen LogP contribution in [0, 0.1) is 13.8 Å². The lowest BCUT2D eigenvalue weighted by atomic mass is 10.1. The van der Waals surface area contributed by atoms with Crippen molar-refractivity contribution in [2.75, 3.05) is 10.5 Å². The molecule has 0 fully saturated rings. The van der Waals surface area contributed by atoms with Crippen molar-refractivity contribution in [2.24, 2.45) is 0 Å². The Balaban J connectivity index is 2.50. The van der Waals surface area contributed by atoms with Crippen LogP contribution in [0.4, 0.5) is 11.4 Å². The summed E-state index contributed by atoms with van der Waals surface area (Å²) < 4.78 is 27.0. The van der Waals surface area contributed by atoms with E-state index in [4.69, 9.17) is 10.8 Å². The molecule has 0 aliphatic rings. The minimum absolute atomic E-state index is 0.00402. The maximum Gasteiger partial charge on any atom is 0.337 e. The van der Waals surface area contributed by atoms with Gasteiger partial charge in [0.1, 0.15) is 4.90 Å². The van der Waals surface area contributed by atoms with Gasteiger partial charge in [0.05, 0.1) is 22.6 Å². The molecule has 0 bridgehead atoms. The van der Waals surface area contributed by atoms with E-state index in [0.717, 1.165) is 0 Å². The number of H-pyrrole nitrogens is 1. The van der Waals surface area contributed by atoms with E-state index >= 15 is 0 Å². The summed E-state index contributed by atoms with van der Waals surface area (Å²) in [6.07, 6.45) is 0. The Kier molecular flexibility index (Phi) is 3.60. The van der Waals surface area contributed by atoms with Gasteiger partial charge in [0.15, 0.2) is 0 Å². The van der Waals surface area contributed by atoms with E-state index in [1.54, 1.807) is 13.8 Å². The van der Waals surface area contributed by atoms with Gasteiger partial charge in [-0.1, -0.05) is 0 Å². The van der Waals surface area contributed by atoms with E-state index in [1.807, 2.05) is 0 Å². The number of benzene rings is 1. The van der Waals surface area contributed by atoms with Crippen LogP contribution in [0.5, 0.6) is 0 Å². The molecule has 5 N–H and O–H groups in total. The number of aromatic carboxylic acids is 1. The summed E-state index contributed by atoms with van der Waals surface area (Å²) in [6, 6.07) is 3.91. The summed E-state index contributed by atoms with van der Waals surface area (Å²) >= 11 is 0. The predicted octanol–water partition coefficient (Wildman–Crippen LogP) is 1.11. The smallest absolute Gasteiger partial charge is 0.337 e. The zero-order valence-corrected chi connectivity index (χ0v) is 12.2. The highest BCUT2D eigenvalue weighted by atomic mass is 32.2. The number of aromatic nitrogens is 2. The first-order chi connectivity index (χ1) is 9.72. The van der Waals surface area contributed by atoms with Gasteiger partial charge in [-0.05, 0) is 32.0 Å². The van der Waals surface area contributed by atoms with Crippen LogP contribution >= 0.6 is 0 Å². The van der Waals surface area contributed by atoms with Crippen molar-refractivity contribution < 1.29 is 18.3 Å². The summed E-state index contributed by atoms with van der Waals surface area (Å²) in [6.45, 7) is 3.11. The number of hydrogen-bond donors (Lipinski definition) is 4. The molecule has 112 valence electrons. The lowest BCUT2D eigenvalue weighted by molar-refractivity contribution is 0.0698. The first kappa shape index (κ1) is 14.9. The Labute approximate surface area is 121 Å². The van der Waals surface area contributed by atoms with Gasteiger partial charge in [-0.2, -0.15) is 5.10 Å². The molecule has 0 atom stereocenters. The Bertz CT molecular complexity index is 791. The van der Waals surface area contributed by atoms with E-state index in [9.17, 15) is 13.2 Å². The summed E-state index contributed by atoms with van der Waals surface area (Å²) in [5, 5.41) is 15.5. The lowest BCUT2D eigenvalue weighted by Crippen LogP contribution is -2.17. The fraction of sp³-hybridized carbons (Fsp3) is 0.167. The SMILES string of the molecule is Cc1n[nH]c(C)c1S(=O)(=O)Nc1ccc(N)cc1C(=O)O. The number of aromatic amines is 1. The number of nitrogen functional groups attached to an aromatic ring is 1. The van der Waals surface area contributed by atoms with E-state index < -0.39 is 16.0 Å². The van der Waals surface area contributed by atoms with Gasteiger partial charge in [-0.3, -0.25) is 9.82 Å². The van der Waals surface area contributed by atoms with E-state index in [1.165, 1.54) is 18.2 Å². The van der Waals surface area contributed by atoms with Crippen molar-refractivity contribution in [3.05, 3.63) is 35.2 Å². The quantitative estimate of drug-likeness (QED) is 0.624. The number of sulfonamides is 1. The molecule has 0 radical (unpaired) electrons. The summed E-state index contributed by atoms with van der Waals surface area (Å²) in [7, 11) is -3.95. The monoisotopic (exact) mass is 310 g/mol. The lowest BCUT2D eigenvalue weighted by Gasteiger charge is -2.11. The molecule has 2 aromatic rings. The number of anilines is 2. The molecule has 1 heterocycles. The van der Waals surface area contributed by atoms with Crippen molar-refractivity contribution in [1.82, 2.24) is 10.2 Å². The zero-order valence-electron chi connectivity index (χ0n) is 11.3. The predicted molar refractivity (Wildman–Crippen MR) is 76.7 cm³/mol. The highest BCUT2D eigenvalue weighted by molar-refractivity contribution is 7.92. The molecule has 0 aliphatic heterocycles. The fourth-order valence-electron chi connectivity index (χ4n) is 1.96. The van der Waals surface area contributed by atoms with Crippen LogP contribution in [0.15, 0.2) is 23.1 Å². The standard InChI is InChI=1S/C12H14N4O4S/c1-6-11(7(2)15-14-6)21(19,20)16-10-4-3-8(13)5-9(10)12(17)18/h3-5,16H,13H2,1-2H3,(H,14,15)(H,17,18). The molecule has 8 nitrogen and oxygen atoms in total. The number of nitrogens with two attached hydrogens (primary N) is 1. The normalized spacial score (nSPS) is 11.3. The number of rotatable bonds is 4. The third-order valence-corrected chi connectivity index (χ3v) is 4.48. The molecular weight excluding hydrogens is 296 g/mol. The third-order valence-electron chi connectivity index (χ3n) is 2.85. The summed E-state index contributed by atoms with van der Waals surface area (Å²) in [5.74, 6) is -1.28. The second kappa shape index (κ2) is 5.09. The number of hydrogen-bond acceptors (Lipinski definition) is 5. The maximum atomic E-state index is 12.4. The molecule has 1 aromatic carbocycles. The largest absolute Gasteiger partial charge is 0.478 e. The van der Waals surface area contributed by atoms with Crippen LogP contribution < -0.4 is 10.5 Å². The van der Waals surface area contributed by atoms with Gasteiger partial charge in [0.2, 0.25) is 0 Å². The van der Waals surface area contributed by atoms with Crippen LogP contribution in [0.3, 0.4) is 0 Å². The molecule has 1 aromatic heterocycles. The number of aryl methyl sites for hydroxylation is 2. The third kappa shape index (κ3) is 2.82. The topological polar surface area (TPSA) is 138 Å². The summed E-state index contributed by atoms with van der Waals surface area (Å²) in [4.78, 5) is 11.2. The number of nitrogens with zero attached hydrogens (tertiary/aromatic N) is 1. The van der Waals surface area contributed by atoms with Gasteiger partial charge in [-0.25, -0.2) is 13.2 Å². The molecule has 0 aliphatic carbocycles. The van der Waals surface area contributed by atoms with Crippen molar-refractivity contribution in [3.63, 3.8) is 0 Å². The van der Waals surface area contributed by atoms with Crippen molar-refractivity contribution in [1.29, 1.82) is 0 Å². The van der Waals surface area contributed by atoms with E-state index in [-0.39, 0.29) is 21.8 Å². The Hall–Kier alpha value is -2.55. The van der Waals surface area contributed by atoms with Crippen LogP contribution in [0.2, 0.25) is 0 Å². The van der Waals surface area contributed by atoms with Gasteiger partial charge >= 0.3 is 5.97 Å². The second-order valence-corrected chi connectivity index (χ2v) is 6.10. The van der Waals surface area contributed by atoms with Crippen molar-refractivity contribution >= 4 is 27.4 Å². The number of carboxylic acids is 1. The number of carbonyl (C=O) groups is 1. The van der Waals surface area contributed by atoms with E-state index in [0.29, 0.717) is 11.4 Å². The van der Waals surface area contributed by atoms with Gasteiger partial charge in [-0.15, -0.1) is 0 Å². The van der Waals surface area contributed by atoms with Crippen LogP contribution in [-0.4, -0.2) is 29.7 Å². The number of carboxylic acid groups (broad SMARTS) is 1. The molecule has 2 rings (SSSR count). The van der Waals surface area contributed by atoms with Crippen LogP contribution in [0.25, 0.3) is 0 Å². The van der Waals surface area contributed by atoms with Gasteiger partial charge in [0, 0.05) is 5.69 Å². The summed E-state index contributed by atoms with van der Waals surface area (Å²) in [5.41, 5.74) is 6.13. The molecule has 0 saturated heterocycles. The first-order valence-corrected chi connectivity index (χ1v) is 7.38. The maximum absolute atomic E-state index is 12.4. The fourth-order valence-corrected chi connectivity index (χ4v) is 3.41. The van der Waals surface area contributed by atoms with Gasteiger partial charge in [0.25, 0.3) is 10.0 Å². The average molecular weight is 310 g/mol. The zero-order chi connectivity index (χ0) is 15.8. The van der Waals surface area contributed by atoms with Crippen LogP contribution in [0.1, 0.15) is 21.7 Å². The number of nitrogens with one attached hydrogen (secondary N) is 2. The van der Waals surface area contributed by atoms with Crippen molar-refractivity contribution in [2.45, 2.75) is 18.7 Å². The average Bonchev–Trinajstić information content (AvgIpc) is 2.71. The minimum Gasteiger partial charge on any atom is -0.478 e. The Morgan fingerprint density at radius 1 is 1.38 bits per heavy atom. The molecule has 0 spiro atoms. The molecule has 9 heteroatoms. The van der Waals surface area contributed by atoms with E-state index in [2.05, 4.69) is 14.9 Å². The molecule has 0 saturated carbocycles. The van der Waals surface area contributed by atoms with Gasteiger partial charge < -0.3 is 10.8 Å². The molecule has 0 unspecified atom stereocenters. The van der Waals surface area contributed by atoms with Crippen molar-refractivity contribution in [3.8, 4) is 0 Å². The highest BCUT2D eigenvalue weighted by Gasteiger charge is 2.24. The minimum atomic E-state index is -3.95. The highest BCUT2D eigenvalue weighted by Crippen LogP contribution is 2.24. The first-order valence-electron chi connectivity index (χ1n) is 5.89. The Morgan fingerprint density at radius 3 is 2.57 bits per heavy atom. The molecule has 0 amide bonds. The van der Waals surface area contributed by atoms with Crippen LogP contribution in [-0.2, 0) is 10.0 Å². The molecule has 21 heavy (non-hydrogen) atoms.